The van der Waals surface area contributed by atoms with Crippen LogP contribution in [0.25, 0.3) is 10.8 Å². The number of carboxylic acids is 1. The van der Waals surface area contributed by atoms with Crippen LogP contribution in [0.15, 0.2) is 85.1 Å². The molecule has 6 rings (SSSR count). The van der Waals surface area contributed by atoms with Gasteiger partial charge in [0.15, 0.2) is 5.75 Å². The van der Waals surface area contributed by atoms with E-state index in [-0.39, 0.29) is 36.2 Å². The first-order valence-corrected chi connectivity index (χ1v) is 21.1. The van der Waals surface area contributed by atoms with Crippen molar-refractivity contribution in [2.24, 2.45) is 5.92 Å². The number of benzene rings is 4. The second-order valence-corrected chi connectivity index (χ2v) is 17.1. The Morgan fingerprint density at radius 3 is 2.30 bits per heavy atom. The average Bonchev–Trinajstić information content (AvgIpc) is 3.67. The van der Waals surface area contributed by atoms with Crippen LogP contribution in [0.2, 0.25) is 0 Å². The molecule has 0 spiro atoms. The van der Waals surface area contributed by atoms with Crippen molar-refractivity contribution in [2.45, 2.75) is 45.1 Å². The zero-order valence-electron chi connectivity index (χ0n) is 34.4. The average molecular weight is 843 g/mol. The summed E-state index contributed by atoms with van der Waals surface area (Å²) < 4.78 is 61.5. The topological polar surface area (TPSA) is 193 Å². The van der Waals surface area contributed by atoms with E-state index in [0.29, 0.717) is 60.4 Å². The molecule has 2 atom stereocenters. The van der Waals surface area contributed by atoms with Crippen molar-refractivity contribution in [3.05, 3.63) is 102 Å². The lowest BCUT2D eigenvalue weighted by Crippen LogP contribution is -2.22. The van der Waals surface area contributed by atoms with Gasteiger partial charge in [-0.2, -0.15) is 0 Å². The van der Waals surface area contributed by atoms with Crippen LogP contribution in [-0.2, 0) is 36.1 Å². The highest BCUT2D eigenvalue weighted by atomic mass is 32.2. The van der Waals surface area contributed by atoms with Crippen LogP contribution in [-0.4, -0.2) is 83.5 Å². The lowest BCUT2D eigenvalue weighted by Gasteiger charge is -2.24. The van der Waals surface area contributed by atoms with E-state index >= 15 is 0 Å². The quantitative estimate of drug-likeness (QED) is 0.0664. The van der Waals surface area contributed by atoms with Crippen molar-refractivity contribution in [2.75, 3.05) is 62.3 Å². The summed E-state index contributed by atoms with van der Waals surface area (Å²) in [6.45, 7) is 7.03. The first-order valence-electron chi connectivity index (χ1n) is 19.2. The molecule has 1 fully saturated rings. The van der Waals surface area contributed by atoms with Crippen molar-refractivity contribution < 1.29 is 51.5 Å². The fourth-order valence-electron chi connectivity index (χ4n) is 6.71. The van der Waals surface area contributed by atoms with Crippen molar-refractivity contribution in [3.63, 3.8) is 0 Å². The van der Waals surface area contributed by atoms with Gasteiger partial charge in [0.1, 0.15) is 29.6 Å². The number of carboxylic acid groups (broad SMARTS) is 1. The number of hydrogen-bond acceptors (Lipinski definition) is 11. The minimum atomic E-state index is -3.65. The zero-order valence-corrected chi connectivity index (χ0v) is 35.2. The van der Waals surface area contributed by atoms with Gasteiger partial charge >= 0.3 is 12.0 Å². The number of sulfonamides is 1. The van der Waals surface area contributed by atoms with Crippen LogP contribution in [0.3, 0.4) is 0 Å². The third kappa shape index (κ3) is 11.5. The molecule has 0 radical (unpaired) electrons. The number of ether oxygens (including phenoxy) is 6. The molecule has 1 aliphatic heterocycles. The van der Waals surface area contributed by atoms with Crippen molar-refractivity contribution >= 4 is 49.9 Å². The highest BCUT2D eigenvalue weighted by molar-refractivity contribution is 7.92. The van der Waals surface area contributed by atoms with Gasteiger partial charge in [-0.3, -0.25) is 14.5 Å². The molecule has 2 heterocycles. The first-order chi connectivity index (χ1) is 28.6. The van der Waals surface area contributed by atoms with Gasteiger partial charge in [0.25, 0.3) is 0 Å². The minimum Gasteiger partial charge on any atom is -0.497 e. The lowest BCUT2D eigenvalue weighted by atomic mass is 9.86. The molecule has 4 N–H and O–H groups in total. The number of amides is 2. The van der Waals surface area contributed by atoms with E-state index in [1.54, 1.807) is 49.7 Å². The molecule has 60 heavy (non-hydrogen) atoms. The molecule has 1 aromatic heterocycles. The van der Waals surface area contributed by atoms with E-state index in [2.05, 4.69) is 20.3 Å². The fraction of sp³-hybridized carbons (Fsp3) is 0.341. The number of nitrogens with one attached hydrogen (secondary N) is 3. The smallest absolute Gasteiger partial charge is 0.323 e. The third-order valence-electron chi connectivity index (χ3n) is 9.64. The second-order valence-electron chi connectivity index (χ2n) is 15.4. The summed E-state index contributed by atoms with van der Waals surface area (Å²) >= 11 is 0. The van der Waals surface area contributed by atoms with Crippen LogP contribution in [0, 0.1) is 5.92 Å². The Bertz CT molecular complexity index is 2450. The maximum absolute atomic E-state index is 13.5. The van der Waals surface area contributed by atoms with E-state index in [1.807, 2.05) is 63.2 Å². The predicted molar refractivity (Wildman–Crippen MR) is 229 cm³/mol. The van der Waals surface area contributed by atoms with Crippen LogP contribution in [0.1, 0.15) is 44.0 Å². The van der Waals surface area contributed by atoms with Crippen LogP contribution >= 0.6 is 0 Å². The Kier molecular flexibility index (Phi) is 13.7. The van der Waals surface area contributed by atoms with Gasteiger partial charge in [0.05, 0.1) is 69.4 Å². The molecule has 0 aliphatic carbocycles. The number of fused-ring (bicyclic) bond motifs is 1. The number of pyridine rings is 1. The molecule has 318 valence electrons. The van der Waals surface area contributed by atoms with E-state index in [4.69, 9.17) is 33.5 Å². The largest absolute Gasteiger partial charge is 0.497 e. The van der Waals surface area contributed by atoms with Crippen molar-refractivity contribution in [1.29, 1.82) is 0 Å². The van der Waals surface area contributed by atoms with Gasteiger partial charge in [-0.1, -0.05) is 45.0 Å². The number of rotatable bonds is 17. The van der Waals surface area contributed by atoms with Gasteiger partial charge < -0.3 is 44.2 Å². The molecule has 0 saturated carbocycles. The van der Waals surface area contributed by atoms with E-state index in [1.165, 1.54) is 7.11 Å². The Balaban J connectivity index is 1.12. The molecule has 2 amide bonds. The normalized spacial score (nSPS) is 15.3. The van der Waals surface area contributed by atoms with Crippen LogP contribution in [0.4, 0.5) is 21.9 Å². The van der Waals surface area contributed by atoms with Crippen LogP contribution in [0.5, 0.6) is 28.7 Å². The van der Waals surface area contributed by atoms with Crippen molar-refractivity contribution in [3.8, 4) is 28.7 Å². The number of urea groups is 1. The Hall–Kier alpha value is -6.10. The van der Waals surface area contributed by atoms with Gasteiger partial charge in [0.2, 0.25) is 10.0 Å². The lowest BCUT2D eigenvalue weighted by molar-refractivity contribution is -0.141. The Labute approximate surface area is 349 Å². The summed E-state index contributed by atoms with van der Waals surface area (Å²) in [5.41, 5.74) is 3.07. The fourth-order valence-corrected chi connectivity index (χ4v) is 7.26. The highest BCUT2D eigenvalue weighted by Gasteiger charge is 2.30. The number of nitrogens with zero attached hydrogens (tertiary/aromatic N) is 1. The Morgan fingerprint density at radius 2 is 1.60 bits per heavy atom. The van der Waals surface area contributed by atoms with Gasteiger partial charge in [-0.05, 0) is 65.4 Å². The number of aromatic nitrogens is 1. The molecule has 4 aromatic carbocycles. The monoisotopic (exact) mass is 842 g/mol. The molecule has 2 unspecified atom stereocenters. The number of methoxy groups -OCH3 is 2. The molecule has 5 aromatic rings. The number of hydrogen-bond donors (Lipinski definition) is 4. The molecule has 15 nitrogen and oxygen atoms in total. The number of aliphatic carboxylic acids is 1. The standard InChI is InChI=1S/C44H50N4O11S/c1-44(2,3)29-21-38(41(55-5)39(22-29)48-60(6,52)53)47-43(51)46-37-11-12-40(36-10-8-7-9-35(36)37)59-31-13-14-45-30(23-31)17-27-18-32(54-4)24-33(19-27)57-16-15-56-26-34-20-28(25-58-34)42(49)50/h7-14,18-19,21-24,28,34,48H,15-17,20,25-26H2,1-6H3,(H,49,50)(H2,46,47,51). The molecule has 1 saturated heterocycles. The molecular weight excluding hydrogens is 793 g/mol. The summed E-state index contributed by atoms with van der Waals surface area (Å²) in [5, 5.41) is 16.4. The van der Waals surface area contributed by atoms with Crippen molar-refractivity contribution in [1.82, 2.24) is 4.98 Å². The minimum absolute atomic E-state index is 0.168. The SMILES string of the molecule is COc1cc(Cc2cc(Oc3ccc(NC(=O)Nc4cc(C(C)(C)C)cc(NS(C)(=O)=O)c4OC)c4ccccc34)ccn2)cc(OCCOCC2CC(C(=O)O)CO2)c1. The first kappa shape index (κ1) is 43.5. The summed E-state index contributed by atoms with van der Waals surface area (Å²) in [4.78, 5) is 29.3. The number of anilines is 3. The number of carbonyl (C=O) groups excluding carboxylic acids is 1. The van der Waals surface area contributed by atoms with E-state index in [0.717, 1.165) is 33.8 Å². The van der Waals surface area contributed by atoms with Gasteiger partial charge in [-0.25, -0.2) is 13.2 Å². The summed E-state index contributed by atoms with van der Waals surface area (Å²) in [5.74, 6) is 1.16. The zero-order chi connectivity index (χ0) is 43.0. The predicted octanol–water partition coefficient (Wildman–Crippen LogP) is 7.83. The third-order valence-corrected chi connectivity index (χ3v) is 10.2. The maximum atomic E-state index is 13.5. The Morgan fingerprint density at radius 1 is 0.867 bits per heavy atom. The second kappa shape index (κ2) is 18.9. The van der Waals surface area contributed by atoms with Crippen LogP contribution < -0.4 is 34.3 Å². The van der Waals surface area contributed by atoms with E-state index < -0.39 is 27.9 Å². The van der Waals surface area contributed by atoms with Gasteiger partial charge in [-0.15, -0.1) is 0 Å². The molecular formula is C44H50N4O11S. The summed E-state index contributed by atoms with van der Waals surface area (Å²) in [6.07, 6.45) is 3.37. The van der Waals surface area contributed by atoms with Gasteiger partial charge in [0, 0.05) is 41.2 Å². The van der Waals surface area contributed by atoms with E-state index in [9.17, 15) is 18.0 Å². The summed E-state index contributed by atoms with van der Waals surface area (Å²) in [6, 6.07) is 23.2. The molecule has 0 bridgehead atoms. The maximum Gasteiger partial charge on any atom is 0.323 e. The highest BCUT2D eigenvalue weighted by Crippen LogP contribution is 2.40. The summed E-state index contributed by atoms with van der Waals surface area (Å²) in [7, 11) is -0.657. The molecule has 16 heteroatoms. The molecule has 1 aliphatic rings. The number of carbonyl (C=O) groups is 2.